The first kappa shape index (κ1) is 14.5. The van der Waals surface area contributed by atoms with Gasteiger partial charge in [0.15, 0.2) is 0 Å². The zero-order chi connectivity index (χ0) is 14.6. The zero-order valence-corrected chi connectivity index (χ0v) is 10.8. The van der Waals surface area contributed by atoms with Gasteiger partial charge in [0.2, 0.25) is 0 Å². The van der Waals surface area contributed by atoms with E-state index in [1.54, 1.807) is 18.2 Å². The van der Waals surface area contributed by atoms with Crippen molar-refractivity contribution in [2.45, 2.75) is 19.3 Å². The van der Waals surface area contributed by atoms with E-state index >= 15 is 0 Å². The summed E-state index contributed by atoms with van der Waals surface area (Å²) >= 11 is 0. The van der Waals surface area contributed by atoms with Crippen LogP contribution in [0, 0.1) is 0 Å². The van der Waals surface area contributed by atoms with E-state index in [1.165, 1.54) is 24.5 Å². The average molecular weight is 285 g/mol. The van der Waals surface area contributed by atoms with E-state index in [0.717, 1.165) is 0 Å². The number of halogens is 3. The molecule has 0 radical (unpaired) electrons. The summed E-state index contributed by atoms with van der Waals surface area (Å²) in [6.45, 7) is 2.56. The molecular formula is C14H14F3NO2. The van der Waals surface area contributed by atoms with Gasteiger partial charge in [0, 0.05) is 0 Å². The quantitative estimate of drug-likeness (QED) is 0.905. The zero-order valence-electron chi connectivity index (χ0n) is 10.8. The highest BCUT2D eigenvalue weighted by Crippen LogP contribution is 2.28. The summed E-state index contributed by atoms with van der Waals surface area (Å²) in [6, 6.07) is 9.04. The summed E-state index contributed by atoms with van der Waals surface area (Å²) in [6.07, 6.45) is -3.17. The van der Waals surface area contributed by atoms with Crippen LogP contribution in [-0.2, 0) is 0 Å². The van der Waals surface area contributed by atoms with Crippen LogP contribution in [0.4, 0.5) is 13.2 Å². The monoisotopic (exact) mass is 285 g/mol. The Morgan fingerprint density at radius 2 is 2.05 bits per heavy atom. The molecule has 0 saturated carbocycles. The number of hydrogen-bond acceptors (Lipinski definition) is 3. The molecule has 0 aliphatic heterocycles. The van der Waals surface area contributed by atoms with Crippen LogP contribution < -0.4 is 10.1 Å². The van der Waals surface area contributed by atoms with Gasteiger partial charge >= 0.3 is 6.36 Å². The minimum absolute atomic E-state index is 0.246. The molecular weight excluding hydrogens is 271 g/mol. The van der Waals surface area contributed by atoms with Gasteiger partial charge in [-0.05, 0) is 36.4 Å². The minimum atomic E-state index is -4.70. The number of ether oxygens (including phenoxy) is 1. The van der Waals surface area contributed by atoms with Crippen LogP contribution in [0.15, 0.2) is 47.1 Å². The Kier molecular flexibility index (Phi) is 4.34. The van der Waals surface area contributed by atoms with Gasteiger partial charge in [-0.3, -0.25) is 0 Å². The second-order valence-electron chi connectivity index (χ2n) is 4.13. The number of rotatable bonds is 5. The lowest BCUT2D eigenvalue weighted by Gasteiger charge is -2.17. The van der Waals surface area contributed by atoms with Gasteiger partial charge in [0.25, 0.3) is 0 Å². The second kappa shape index (κ2) is 6.00. The molecule has 2 rings (SSSR count). The van der Waals surface area contributed by atoms with E-state index in [2.05, 4.69) is 10.1 Å². The van der Waals surface area contributed by atoms with E-state index in [1.807, 2.05) is 6.92 Å². The Labute approximate surface area is 114 Å². The van der Waals surface area contributed by atoms with Gasteiger partial charge in [0.05, 0.1) is 12.3 Å². The Morgan fingerprint density at radius 3 is 2.65 bits per heavy atom. The third-order valence-corrected chi connectivity index (χ3v) is 2.66. The first-order chi connectivity index (χ1) is 9.49. The molecule has 2 aromatic rings. The summed E-state index contributed by atoms with van der Waals surface area (Å²) in [4.78, 5) is 0. The van der Waals surface area contributed by atoms with Crippen LogP contribution in [0.1, 0.15) is 24.3 Å². The second-order valence-corrected chi connectivity index (χ2v) is 4.13. The molecule has 0 saturated heterocycles. The molecule has 1 aromatic heterocycles. The van der Waals surface area contributed by atoms with Crippen molar-refractivity contribution in [1.29, 1.82) is 0 Å². The fourth-order valence-corrected chi connectivity index (χ4v) is 1.93. The van der Waals surface area contributed by atoms with Gasteiger partial charge in [-0.15, -0.1) is 13.2 Å². The van der Waals surface area contributed by atoms with E-state index in [9.17, 15) is 13.2 Å². The van der Waals surface area contributed by atoms with Crippen molar-refractivity contribution in [1.82, 2.24) is 5.32 Å². The van der Waals surface area contributed by atoms with Crippen LogP contribution in [0.25, 0.3) is 0 Å². The van der Waals surface area contributed by atoms with Gasteiger partial charge in [-0.2, -0.15) is 0 Å². The number of benzene rings is 1. The molecule has 20 heavy (non-hydrogen) atoms. The van der Waals surface area contributed by atoms with Gasteiger partial charge < -0.3 is 14.5 Å². The van der Waals surface area contributed by atoms with Gasteiger partial charge in [0.1, 0.15) is 11.5 Å². The standard InChI is InChI=1S/C14H14F3NO2/c1-2-18-13(12-7-4-8-19-12)10-5-3-6-11(9-10)20-14(15,16)17/h3-9,13,18H,2H2,1H3. The van der Waals surface area contributed by atoms with Gasteiger partial charge in [-0.1, -0.05) is 19.1 Å². The topological polar surface area (TPSA) is 34.4 Å². The summed E-state index contributed by atoms with van der Waals surface area (Å²) in [5.74, 6) is 0.389. The van der Waals surface area contributed by atoms with E-state index < -0.39 is 6.36 Å². The highest BCUT2D eigenvalue weighted by Gasteiger charge is 2.31. The molecule has 0 spiro atoms. The highest BCUT2D eigenvalue weighted by atomic mass is 19.4. The maximum absolute atomic E-state index is 12.2. The highest BCUT2D eigenvalue weighted by molar-refractivity contribution is 5.34. The molecule has 0 fully saturated rings. The van der Waals surface area contributed by atoms with Gasteiger partial charge in [-0.25, -0.2) is 0 Å². The van der Waals surface area contributed by atoms with Crippen molar-refractivity contribution in [3.63, 3.8) is 0 Å². The van der Waals surface area contributed by atoms with Crippen molar-refractivity contribution in [2.75, 3.05) is 6.54 Å². The SMILES string of the molecule is CCNC(c1cccc(OC(F)(F)F)c1)c1ccco1. The first-order valence-electron chi connectivity index (χ1n) is 6.12. The first-order valence-corrected chi connectivity index (χ1v) is 6.12. The van der Waals surface area contributed by atoms with Crippen molar-refractivity contribution in [3.05, 3.63) is 54.0 Å². The Morgan fingerprint density at radius 1 is 1.25 bits per heavy atom. The lowest BCUT2D eigenvalue weighted by Crippen LogP contribution is -2.22. The smallest absolute Gasteiger partial charge is 0.467 e. The summed E-state index contributed by atoms with van der Waals surface area (Å²) in [5, 5.41) is 3.16. The molecule has 108 valence electrons. The average Bonchev–Trinajstić information content (AvgIpc) is 2.87. The predicted molar refractivity (Wildman–Crippen MR) is 67.4 cm³/mol. The molecule has 1 aromatic carbocycles. The lowest BCUT2D eigenvalue weighted by atomic mass is 10.0. The molecule has 1 unspecified atom stereocenters. The summed E-state index contributed by atoms with van der Waals surface area (Å²) in [5.41, 5.74) is 0.642. The fourth-order valence-electron chi connectivity index (χ4n) is 1.93. The normalized spacial score (nSPS) is 13.2. The molecule has 6 heteroatoms. The largest absolute Gasteiger partial charge is 0.573 e. The lowest BCUT2D eigenvalue weighted by molar-refractivity contribution is -0.274. The maximum Gasteiger partial charge on any atom is 0.573 e. The van der Waals surface area contributed by atoms with E-state index in [0.29, 0.717) is 17.9 Å². The maximum atomic E-state index is 12.2. The van der Waals surface area contributed by atoms with Crippen LogP contribution in [-0.4, -0.2) is 12.9 Å². The summed E-state index contributed by atoms with van der Waals surface area (Å²) < 4.78 is 46.0. The van der Waals surface area contributed by atoms with E-state index in [-0.39, 0.29) is 11.8 Å². The molecule has 1 N–H and O–H groups in total. The molecule has 1 heterocycles. The number of alkyl halides is 3. The Bertz CT molecular complexity index is 538. The minimum Gasteiger partial charge on any atom is -0.467 e. The molecule has 0 amide bonds. The molecule has 1 atom stereocenters. The Balaban J connectivity index is 2.27. The van der Waals surface area contributed by atoms with E-state index in [4.69, 9.17) is 4.42 Å². The van der Waals surface area contributed by atoms with Crippen LogP contribution in [0.3, 0.4) is 0 Å². The summed E-state index contributed by atoms with van der Waals surface area (Å²) in [7, 11) is 0. The molecule has 3 nitrogen and oxygen atoms in total. The van der Waals surface area contributed by atoms with Crippen LogP contribution in [0.2, 0.25) is 0 Å². The third-order valence-electron chi connectivity index (χ3n) is 2.66. The molecule has 0 aliphatic carbocycles. The third kappa shape index (κ3) is 3.77. The molecule has 0 aliphatic rings. The van der Waals surface area contributed by atoms with Crippen molar-refractivity contribution >= 4 is 0 Å². The van der Waals surface area contributed by atoms with Crippen molar-refractivity contribution in [2.24, 2.45) is 0 Å². The predicted octanol–water partition coefficient (Wildman–Crippen LogP) is 3.88. The van der Waals surface area contributed by atoms with Crippen molar-refractivity contribution in [3.8, 4) is 5.75 Å². The number of hydrogen-bond donors (Lipinski definition) is 1. The van der Waals surface area contributed by atoms with Crippen LogP contribution >= 0.6 is 0 Å². The molecule has 0 bridgehead atoms. The number of nitrogens with one attached hydrogen (secondary N) is 1. The number of furan rings is 1. The van der Waals surface area contributed by atoms with Crippen LogP contribution in [0.5, 0.6) is 5.75 Å². The van der Waals surface area contributed by atoms with Crippen molar-refractivity contribution < 1.29 is 22.3 Å². The fraction of sp³-hybridized carbons (Fsp3) is 0.286. The Hall–Kier alpha value is -1.95.